The monoisotopic (exact) mass is 263 g/mol. The minimum absolute atomic E-state index is 0.191. The Balaban J connectivity index is 2.38. The van der Waals surface area contributed by atoms with Crippen LogP contribution in [-0.2, 0) is 0 Å². The highest BCUT2D eigenvalue weighted by Crippen LogP contribution is 2.51. The molecule has 1 aromatic carbocycles. The fourth-order valence-electron chi connectivity index (χ4n) is 1.67. The fourth-order valence-corrected chi connectivity index (χ4v) is 1.67. The van der Waals surface area contributed by atoms with E-state index in [9.17, 15) is 22.4 Å². The molecule has 0 spiro atoms. The molecule has 0 atom stereocenters. The number of carbonyl (C=O) groups is 1. The van der Waals surface area contributed by atoms with E-state index in [1.807, 2.05) is 5.32 Å². The minimum Gasteiger partial charge on any atom is -0.478 e. The molecule has 18 heavy (non-hydrogen) atoms. The number of anilines is 1. The molecule has 2 N–H and O–H groups in total. The summed E-state index contributed by atoms with van der Waals surface area (Å²) < 4.78 is 51.6. The Bertz CT molecular complexity index is 494. The predicted molar refractivity (Wildman–Crippen MR) is 55.0 cm³/mol. The molecule has 98 valence electrons. The number of carboxylic acid groups (broad SMARTS) is 1. The van der Waals surface area contributed by atoms with Crippen LogP contribution >= 0.6 is 0 Å². The third-order valence-corrected chi connectivity index (χ3v) is 2.90. The summed E-state index contributed by atoms with van der Waals surface area (Å²) >= 11 is 0. The Morgan fingerprint density at radius 2 is 1.94 bits per heavy atom. The standard InChI is InChI=1S/C11H9F4NO2/c12-7-3-1-2-6(9(17)18)8(7)16-10(4-5-10)11(13,14)15/h1-3,16H,4-5H2,(H,17,18). The smallest absolute Gasteiger partial charge is 0.411 e. The highest BCUT2D eigenvalue weighted by molar-refractivity contribution is 5.94. The largest absolute Gasteiger partial charge is 0.478 e. The zero-order chi connectivity index (χ0) is 13.6. The summed E-state index contributed by atoms with van der Waals surface area (Å²) in [6.07, 6.45) is -4.92. The van der Waals surface area contributed by atoms with Crippen molar-refractivity contribution in [2.75, 3.05) is 5.32 Å². The summed E-state index contributed by atoms with van der Waals surface area (Å²) in [7, 11) is 0. The van der Waals surface area contributed by atoms with Gasteiger partial charge in [0.15, 0.2) is 0 Å². The van der Waals surface area contributed by atoms with Crippen molar-refractivity contribution in [2.45, 2.75) is 24.6 Å². The number of rotatable bonds is 3. The summed E-state index contributed by atoms with van der Waals surface area (Å²) in [5.74, 6) is -2.49. The van der Waals surface area contributed by atoms with Gasteiger partial charge in [-0.15, -0.1) is 0 Å². The van der Waals surface area contributed by atoms with E-state index in [1.54, 1.807) is 0 Å². The molecule has 0 aliphatic heterocycles. The van der Waals surface area contributed by atoms with E-state index < -0.39 is 34.8 Å². The average molecular weight is 263 g/mol. The van der Waals surface area contributed by atoms with Crippen LogP contribution in [0.2, 0.25) is 0 Å². The van der Waals surface area contributed by atoms with E-state index in [0.717, 1.165) is 18.2 Å². The van der Waals surface area contributed by atoms with E-state index in [0.29, 0.717) is 0 Å². The van der Waals surface area contributed by atoms with Gasteiger partial charge in [-0.1, -0.05) is 6.07 Å². The van der Waals surface area contributed by atoms with Gasteiger partial charge in [0, 0.05) is 0 Å². The van der Waals surface area contributed by atoms with Gasteiger partial charge >= 0.3 is 12.1 Å². The van der Waals surface area contributed by atoms with Crippen molar-refractivity contribution in [3.8, 4) is 0 Å². The number of hydrogen-bond donors (Lipinski definition) is 2. The first-order valence-electron chi connectivity index (χ1n) is 5.13. The first-order valence-corrected chi connectivity index (χ1v) is 5.13. The average Bonchev–Trinajstić information content (AvgIpc) is 3.00. The number of halogens is 4. The van der Waals surface area contributed by atoms with Gasteiger partial charge in [0.1, 0.15) is 11.4 Å². The molecule has 0 saturated heterocycles. The minimum atomic E-state index is -4.54. The Kier molecular flexibility index (Phi) is 2.71. The molecule has 0 amide bonds. The maximum absolute atomic E-state index is 13.5. The van der Waals surface area contributed by atoms with Crippen LogP contribution in [0.25, 0.3) is 0 Å². The Hall–Kier alpha value is -1.79. The highest BCUT2D eigenvalue weighted by atomic mass is 19.4. The number of carboxylic acids is 1. The summed E-state index contributed by atoms with van der Waals surface area (Å²) in [6, 6.07) is 3.11. The maximum atomic E-state index is 13.5. The van der Waals surface area contributed by atoms with Gasteiger partial charge in [-0.05, 0) is 25.0 Å². The lowest BCUT2D eigenvalue weighted by Gasteiger charge is -2.23. The molecule has 1 fully saturated rings. The maximum Gasteiger partial charge on any atom is 0.411 e. The third kappa shape index (κ3) is 2.00. The lowest BCUT2D eigenvalue weighted by Crippen LogP contribution is -2.39. The van der Waals surface area contributed by atoms with Crippen molar-refractivity contribution in [3.63, 3.8) is 0 Å². The van der Waals surface area contributed by atoms with Gasteiger partial charge in [-0.25, -0.2) is 9.18 Å². The van der Waals surface area contributed by atoms with Gasteiger partial charge in [0.25, 0.3) is 0 Å². The SMILES string of the molecule is O=C(O)c1cccc(F)c1NC1(C(F)(F)F)CC1. The van der Waals surface area contributed by atoms with Crippen LogP contribution in [0, 0.1) is 5.82 Å². The molecule has 0 bridgehead atoms. The summed E-state index contributed by atoms with van der Waals surface area (Å²) in [5, 5.41) is 10.8. The second-order valence-electron chi connectivity index (χ2n) is 4.17. The third-order valence-electron chi connectivity index (χ3n) is 2.90. The van der Waals surface area contributed by atoms with Crippen molar-refractivity contribution < 1.29 is 27.5 Å². The van der Waals surface area contributed by atoms with Crippen LogP contribution in [0.15, 0.2) is 18.2 Å². The van der Waals surface area contributed by atoms with Crippen LogP contribution in [0.4, 0.5) is 23.2 Å². The van der Waals surface area contributed by atoms with Crippen molar-refractivity contribution in [2.24, 2.45) is 0 Å². The van der Waals surface area contributed by atoms with Gasteiger partial charge in [-0.2, -0.15) is 13.2 Å². The number of hydrogen-bond acceptors (Lipinski definition) is 2. The number of aromatic carboxylic acids is 1. The highest BCUT2D eigenvalue weighted by Gasteiger charge is 2.63. The number of para-hydroxylation sites is 1. The first-order chi connectivity index (χ1) is 8.27. The molecule has 3 nitrogen and oxygen atoms in total. The number of benzene rings is 1. The predicted octanol–water partition coefficient (Wildman–Crippen LogP) is 3.03. The van der Waals surface area contributed by atoms with E-state index in [4.69, 9.17) is 5.11 Å². The van der Waals surface area contributed by atoms with E-state index >= 15 is 0 Å². The Labute approximate surface area is 99.4 Å². The molecular formula is C11H9F4NO2. The molecule has 0 aromatic heterocycles. The Morgan fingerprint density at radius 3 is 2.39 bits per heavy atom. The van der Waals surface area contributed by atoms with Crippen molar-refractivity contribution in [3.05, 3.63) is 29.6 Å². The quantitative estimate of drug-likeness (QED) is 0.824. The normalized spacial score (nSPS) is 17.3. The second-order valence-corrected chi connectivity index (χ2v) is 4.17. The van der Waals surface area contributed by atoms with E-state index in [1.165, 1.54) is 0 Å². The lowest BCUT2D eigenvalue weighted by atomic mass is 10.1. The van der Waals surface area contributed by atoms with Gasteiger partial charge in [-0.3, -0.25) is 0 Å². The van der Waals surface area contributed by atoms with Gasteiger partial charge in [0.05, 0.1) is 11.3 Å². The molecule has 1 aliphatic rings. The second kappa shape index (κ2) is 3.86. The van der Waals surface area contributed by atoms with Crippen LogP contribution in [0.3, 0.4) is 0 Å². The molecule has 0 heterocycles. The number of nitrogens with one attached hydrogen (secondary N) is 1. The topological polar surface area (TPSA) is 49.3 Å². The van der Waals surface area contributed by atoms with Gasteiger partial charge in [0.2, 0.25) is 0 Å². The molecule has 0 unspecified atom stereocenters. The van der Waals surface area contributed by atoms with Crippen molar-refractivity contribution >= 4 is 11.7 Å². The van der Waals surface area contributed by atoms with Crippen LogP contribution < -0.4 is 5.32 Å². The molecule has 1 saturated carbocycles. The van der Waals surface area contributed by atoms with E-state index in [-0.39, 0.29) is 12.8 Å². The first kappa shape index (κ1) is 12.7. The summed E-state index contributed by atoms with van der Waals surface area (Å²) in [5.41, 5.74) is -3.32. The van der Waals surface area contributed by atoms with Gasteiger partial charge < -0.3 is 10.4 Å². The summed E-state index contributed by atoms with van der Waals surface area (Å²) in [4.78, 5) is 10.8. The Morgan fingerprint density at radius 1 is 1.33 bits per heavy atom. The summed E-state index contributed by atoms with van der Waals surface area (Å²) in [6.45, 7) is 0. The molecule has 2 rings (SSSR count). The van der Waals surface area contributed by atoms with E-state index in [2.05, 4.69) is 0 Å². The lowest BCUT2D eigenvalue weighted by molar-refractivity contribution is -0.151. The van der Waals surface area contributed by atoms with Crippen LogP contribution in [0.1, 0.15) is 23.2 Å². The molecule has 7 heteroatoms. The molecule has 1 aliphatic carbocycles. The zero-order valence-electron chi connectivity index (χ0n) is 9.01. The molecule has 0 radical (unpaired) electrons. The van der Waals surface area contributed by atoms with Crippen molar-refractivity contribution in [1.82, 2.24) is 0 Å². The van der Waals surface area contributed by atoms with Crippen LogP contribution in [0.5, 0.6) is 0 Å². The number of alkyl halides is 3. The van der Waals surface area contributed by atoms with Crippen LogP contribution in [-0.4, -0.2) is 22.8 Å². The fraction of sp³-hybridized carbons (Fsp3) is 0.364. The molecular weight excluding hydrogens is 254 g/mol. The molecule has 1 aromatic rings. The zero-order valence-corrected chi connectivity index (χ0v) is 9.01. The van der Waals surface area contributed by atoms with Crippen molar-refractivity contribution in [1.29, 1.82) is 0 Å².